The second-order valence-electron chi connectivity index (χ2n) is 29.7. The number of hydrogen-bond acceptors (Lipinski definition) is 15. The Morgan fingerprint density at radius 2 is 0.694 bits per heavy atom. The van der Waals surface area contributed by atoms with Crippen molar-refractivity contribution in [3.05, 3.63) is 393 Å². The first-order valence-electron chi connectivity index (χ1n) is 39.3. The number of ketones is 5. The summed E-state index contributed by atoms with van der Waals surface area (Å²) in [5.74, 6) is 0.164. The van der Waals surface area contributed by atoms with Gasteiger partial charge >= 0.3 is 0 Å². The fourth-order valence-corrected chi connectivity index (χ4v) is 15.7. The molecule has 7 N–H and O–H groups in total. The van der Waals surface area contributed by atoms with E-state index in [4.69, 9.17) is 37.4 Å². The third-order valence-corrected chi connectivity index (χ3v) is 22.4. The molecule has 0 saturated carbocycles. The van der Waals surface area contributed by atoms with Gasteiger partial charge in [0.1, 0.15) is 11.6 Å². The van der Waals surface area contributed by atoms with Crippen molar-refractivity contribution in [2.24, 2.45) is 0 Å². The van der Waals surface area contributed by atoms with Gasteiger partial charge < -0.3 is 24.4 Å². The molecule has 0 fully saturated rings. The Morgan fingerprint density at radius 1 is 0.355 bits per heavy atom. The van der Waals surface area contributed by atoms with Gasteiger partial charge in [-0.25, -0.2) is 13.2 Å². The molecular formula is C99H71Cl2F3N10O10. The molecule has 21 rings (SSSR count). The van der Waals surface area contributed by atoms with Crippen LogP contribution in [0.15, 0.2) is 271 Å². The van der Waals surface area contributed by atoms with Crippen LogP contribution in [0, 0.1) is 17.5 Å². The fraction of sp³-hybridized carbons (Fsp3) is 0.0909. The summed E-state index contributed by atoms with van der Waals surface area (Å²) in [6.07, 6.45) is 12.3. The van der Waals surface area contributed by atoms with E-state index in [1.165, 1.54) is 25.3 Å². The molecule has 0 amide bonds. The average Bonchev–Trinajstić information content (AvgIpc) is 1.53. The zero-order chi connectivity index (χ0) is 85.6. The number of halogens is 5. The summed E-state index contributed by atoms with van der Waals surface area (Å²) >= 11 is 12.0. The molecule has 0 unspecified atom stereocenters. The highest BCUT2D eigenvalue weighted by Gasteiger charge is 2.30. The number of fused-ring (bicyclic) bond motifs is 6. The summed E-state index contributed by atoms with van der Waals surface area (Å²) in [6, 6.07) is 71.9. The molecule has 6 heterocycles. The number of H-pyrrole nitrogens is 5. The lowest BCUT2D eigenvalue weighted by atomic mass is 10.0. The second-order valence-corrected chi connectivity index (χ2v) is 30.5. The van der Waals surface area contributed by atoms with Crippen molar-refractivity contribution in [1.82, 2.24) is 51.0 Å². The fourth-order valence-electron chi connectivity index (χ4n) is 15.4. The Hall–Kier alpha value is -15.0. The number of ether oxygens (including phenoxy) is 3. The summed E-state index contributed by atoms with van der Waals surface area (Å²) in [5, 5.41) is 56.1. The summed E-state index contributed by atoms with van der Waals surface area (Å²) < 4.78 is 55.4. The quantitative estimate of drug-likeness (QED) is 0.0528. The number of carbonyl (C=O) groups is 5. The Bertz CT molecular complexity index is 6740. The number of methoxy groups -OCH3 is 1. The highest BCUT2D eigenvalue weighted by atomic mass is 35.5. The third-order valence-electron chi connectivity index (χ3n) is 21.7. The van der Waals surface area contributed by atoms with E-state index in [0.717, 1.165) is 164 Å². The Labute approximate surface area is 716 Å². The molecule has 124 heavy (non-hydrogen) atoms. The minimum absolute atomic E-state index is 0.00887. The van der Waals surface area contributed by atoms with Gasteiger partial charge in [-0.3, -0.25) is 49.5 Å². The second kappa shape index (κ2) is 35.7. The number of allylic oxidation sites excluding steroid dienone is 5. The van der Waals surface area contributed by atoms with E-state index in [2.05, 4.69) is 51.0 Å². The van der Waals surface area contributed by atoms with Crippen molar-refractivity contribution in [1.29, 1.82) is 0 Å². The SMILES string of the molecule is COc1cc(-c2cc(/C=C3\Cc4ccccc4C3=O)[nH]n2)cc(CO)c1CO.O=C1/C(=C/c2cc(-c3ccc(Cl)c(Cl)c3)n[nH]2)Cc2ccccc21.O=C1/C(=C/c2cc(-c3ccc(F)c(F)c3)n[nH]2)Cc2ccccc21.O=C1/C(=C/c2cc(-c3ccc(F)cc3)n[nH]2)Cc2ccccc21.O=C1/C(=C/c2cc(-c3ccc4c(c3)OCO4)n[nH]2)Cc2ccccc21. The standard InChI is InChI=1S/C22H20N2O4.C20H14N2O3.C19H12Cl2N2O.C19H12F2N2O.C19H13FN2O/c1-28-21-9-14(7-16(11-25)19(21)12-26)20-10-17(23-24-20)8-15-6-13-4-2-3-5-18(13)22(15)27;23-20-14(7-12-3-1-2-4-16(12)20)8-15-10-17(22-21-15)13-5-6-18-19(9-13)25-11-24-18;2*20-16-6-5-12(9-17(16)21)18-10-14(22-23-18)8-13-7-11-3-1-2-4-15(11)19(13)24;20-15-7-5-12(6-8-15)18-11-16(21-22-18)10-14-9-13-3-1-2-4-17(13)19(14)23/h2-5,7-10,25-26H,6,11-12H2,1H3,(H,23,24);1-6,8-10H,7,11H2,(H,21,22);2*1-6,8-10H,7H2,(H,22,23);1-8,10-11H,9H2,(H,21,22)/b15-8+;14-8+;2*13-8+;14-10+. The number of aromatic amines is 5. The molecule has 0 bridgehead atoms. The van der Waals surface area contributed by atoms with Gasteiger partial charge in [-0.1, -0.05) is 151 Å². The molecule has 0 atom stereocenters. The minimum Gasteiger partial charge on any atom is -0.496 e. The molecule has 6 aliphatic rings. The Balaban J connectivity index is 0.000000110. The summed E-state index contributed by atoms with van der Waals surface area (Å²) in [7, 11) is 1.52. The van der Waals surface area contributed by atoms with E-state index in [1.807, 2.05) is 194 Å². The minimum atomic E-state index is -0.920. The van der Waals surface area contributed by atoms with Crippen molar-refractivity contribution < 1.29 is 61.6 Å². The smallest absolute Gasteiger partial charge is 0.231 e. The zero-order valence-corrected chi connectivity index (χ0v) is 67.4. The first kappa shape index (κ1) is 81.4. The summed E-state index contributed by atoms with van der Waals surface area (Å²) in [5.41, 5.74) is 24.9. The monoisotopic (exact) mass is 1690 g/mol. The van der Waals surface area contributed by atoms with Crippen LogP contribution in [0.2, 0.25) is 10.0 Å². The Morgan fingerprint density at radius 3 is 1.06 bits per heavy atom. The van der Waals surface area contributed by atoms with Crippen molar-refractivity contribution in [3.8, 4) is 73.5 Å². The molecule has 612 valence electrons. The molecule has 25 heteroatoms. The molecule has 20 nitrogen and oxygen atoms in total. The predicted molar refractivity (Wildman–Crippen MR) is 467 cm³/mol. The molecule has 5 aliphatic carbocycles. The lowest BCUT2D eigenvalue weighted by molar-refractivity contribution is 0.103. The van der Waals surface area contributed by atoms with Crippen LogP contribution in [0.25, 0.3) is 86.7 Å². The van der Waals surface area contributed by atoms with Crippen molar-refractivity contribution in [2.45, 2.75) is 45.3 Å². The van der Waals surface area contributed by atoms with Crippen LogP contribution in [0.3, 0.4) is 0 Å². The summed E-state index contributed by atoms with van der Waals surface area (Å²) in [6.45, 7) is -0.187. The van der Waals surface area contributed by atoms with Gasteiger partial charge in [0.15, 0.2) is 52.0 Å². The van der Waals surface area contributed by atoms with Crippen LogP contribution in [0.4, 0.5) is 13.2 Å². The molecule has 5 aromatic heterocycles. The predicted octanol–water partition coefficient (Wildman–Crippen LogP) is 19.9. The van der Waals surface area contributed by atoms with Gasteiger partial charge in [0.25, 0.3) is 0 Å². The number of nitrogens with one attached hydrogen (secondary N) is 5. The van der Waals surface area contributed by atoms with Crippen LogP contribution >= 0.6 is 23.2 Å². The maximum atomic E-state index is 13.3. The molecular weight excluding hydrogens is 1620 g/mol. The number of carbonyl (C=O) groups excluding carboxylic acids is 5. The van der Waals surface area contributed by atoms with Gasteiger partial charge in [0.05, 0.1) is 87.3 Å². The first-order valence-corrected chi connectivity index (χ1v) is 40.0. The molecule has 0 saturated heterocycles. The van der Waals surface area contributed by atoms with E-state index in [-0.39, 0.29) is 54.7 Å². The number of rotatable bonds is 13. The van der Waals surface area contributed by atoms with Gasteiger partial charge in [-0.05, 0) is 179 Å². The molecule has 0 spiro atoms. The Kier molecular flexibility index (Phi) is 23.4. The highest BCUT2D eigenvalue weighted by molar-refractivity contribution is 6.42. The van der Waals surface area contributed by atoms with E-state index >= 15 is 0 Å². The van der Waals surface area contributed by atoms with Crippen LogP contribution in [-0.2, 0) is 45.3 Å². The third kappa shape index (κ3) is 17.5. The topological polar surface area (TPSA) is 297 Å². The maximum absolute atomic E-state index is 13.3. The lowest BCUT2D eigenvalue weighted by Crippen LogP contribution is -1.99. The van der Waals surface area contributed by atoms with Crippen molar-refractivity contribution in [2.75, 3.05) is 13.9 Å². The van der Waals surface area contributed by atoms with E-state index < -0.39 is 11.6 Å². The van der Waals surface area contributed by atoms with Gasteiger partial charge in [0.2, 0.25) is 6.79 Å². The average molecular weight is 1690 g/mol. The van der Waals surface area contributed by atoms with Crippen LogP contribution in [0.5, 0.6) is 17.2 Å². The van der Waals surface area contributed by atoms with Crippen LogP contribution < -0.4 is 14.2 Å². The number of Topliss-reactive ketones (excluding diaryl/α,β-unsaturated/α-hetero) is 5. The van der Waals surface area contributed by atoms with Gasteiger partial charge in [0, 0.05) is 121 Å². The van der Waals surface area contributed by atoms with Crippen molar-refractivity contribution >= 4 is 82.5 Å². The number of benzene rings is 10. The van der Waals surface area contributed by atoms with E-state index in [0.29, 0.717) is 87.2 Å². The number of aromatic nitrogens is 10. The van der Waals surface area contributed by atoms with Crippen LogP contribution in [-0.4, -0.2) is 104 Å². The number of nitrogens with zero attached hydrogens (tertiary/aromatic N) is 5. The maximum Gasteiger partial charge on any atom is 0.231 e. The van der Waals surface area contributed by atoms with E-state index in [9.17, 15) is 47.4 Å². The molecule has 15 aromatic rings. The number of aliphatic hydroxyl groups is 2. The molecule has 1 aliphatic heterocycles. The van der Waals surface area contributed by atoms with Gasteiger partial charge in [-0.2, -0.15) is 25.5 Å². The zero-order valence-electron chi connectivity index (χ0n) is 65.9. The van der Waals surface area contributed by atoms with Gasteiger partial charge in [-0.15, -0.1) is 0 Å². The first-order chi connectivity index (χ1) is 60.3. The lowest BCUT2D eigenvalue weighted by Gasteiger charge is -2.12. The van der Waals surface area contributed by atoms with E-state index in [1.54, 1.807) is 48.5 Å². The largest absolute Gasteiger partial charge is 0.496 e. The normalized spacial score (nSPS) is 15.3. The number of hydrogen-bond donors (Lipinski definition) is 7. The highest BCUT2D eigenvalue weighted by Crippen LogP contribution is 2.39. The number of aliphatic hydroxyl groups excluding tert-OH is 2. The van der Waals surface area contributed by atoms with Crippen molar-refractivity contribution in [3.63, 3.8) is 0 Å². The summed E-state index contributed by atoms with van der Waals surface area (Å²) in [4.78, 5) is 62.2. The molecule has 0 radical (unpaired) electrons. The van der Waals surface area contributed by atoms with Crippen LogP contribution in [0.1, 0.15) is 119 Å². The molecule has 10 aromatic carbocycles.